The molecule has 2 aromatic rings. The van der Waals surface area contributed by atoms with E-state index in [1.165, 1.54) is 0 Å². The molecule has 0 spiro atoms. The van der Waals surface area contributed by atoms with Gasteiger partial charge in [-0.2, -0.15) is 0 Å². The second-order valence-electron chi connectivity index (χ2n) is 2.23. The zero-order chi connectivity index (χ0) is 6.97. The summed E-state index contributed by atoms with van der Waals surface area (Å²) in [5.41, 5.74) is 0.910. The van der Waals surface area contributed by atoms with Gasteiger partial charge < -0.3 is 10.1 Å². The summed E-state index contributed by atoms with van der Waals surface area (Å²) in [5, 5.41) is 11.8. The molecule has 2 heteroatoms. The van der Waals surface area contributed by atoms with Crippen LogP contribution in [0.15, 0.2) is 30.5 Å². The average Bonchev–Trinajstić information content (AvgIpc) is 2.33. The van der Waals surface area contributed by atoms with E-state index in [1.54, 1.807) is 12.1 Å². The molecule has 0 bridgehead atoms. The van der Waals surface area contributed by atoms with Gasteiger partial charge in [-0.1, -0.05) is 12.1 Å². The fourth-order valence-electron chi connectivity index (χ4n) is 1.03. The van der Waals surface area contributed by atoms with Crippen molar-refractivity contribution < 1.29 is 5.11 Å². The highest BCUT2D eigenvalue weighted by Crippen LogP contribution is 2.15. The Morgan fingerprint density at radius 1 is 1.20 bits per heavy atom. The molecule has 0 unspecified atom stereocenters. The van der Waals surface area contributed by atoms with E-state index >= 15 is 0 Å². The van der Waals surface area contributed by atoms with E-state index in [4.69, 9.17) is 0 Å². The van der Waals surface area contributed by atoms with Crippen LogP contribution in [0.1, 0.15) is 0 Å². The Bertz CT molecular complexity index is 351. The maximum Gasteiger partial charge on any atom is 0.0447 e. The van der Waals surface area contributed by atoms with Crippen LogP contribution in [-0.2, 0) is 0 Å². The summed E-state index contributed by atoms with van der Waals surface area (Å²) in [4.78, 5) is 2.96. The first-order valence-electron chi connectivity index (χ1n) is 3.10. The number of nitrogens with one attached hydrogen (secondary N) is 1. The SMILES string of the molecule is [O-]c1ccc2cc[nH]c2c1. The third kappa shape index (κ3) is 0.658. The standard InChI is InChI=1S/C8H7NO/c10-7-2-1-6-3-4-9-8(6)5-7/h1-5,9-10H/p-1. The van der Waals surface area contributed by atoms with Gasteiger partial charge in [0.2, 0.25) is 0 Å². The second-order valence-corrected chi connectivity index (χ2v) is 2.23. The monoisotopic (exact) mass is 132 g/mol. The van der Waals surface area contributed by atoms with Crippen LogP contribution in [0, 0.1) is 0 Å². The van der Waals surface area contributed by atoms with Crippen molar-refractivity contribution in [2.45, 2.75) is 0 Å². The largest absolute Gasteiger partial charge is 0.872 e. The average molecular weight is 132 g/mol. The first kappa shape index (κ1) is 5.35. The van der Waals surface area contributed by atoms with Crippen LogP contribution in [0.25, 0.3) is 10.9 Å². The molecule has 1 heterocycles. The Balaban J connectivity index is 2.86. The predicted octanol–water partition coefficient (Wildman–Crippen LogP) is 1.24. The summed E-state index contributed by atoms with van der Waals surface area (Å²) >= 11 is 0. The highest BCUT2D eigenvalue weighted by atomic mass is 16.3. The van der Waals surface area contributed by atoms with Crippen molar-refractivity contribution in [2.75, 3.05) is 0 Å². The number of aromatic amines is 1. The van der Waals surface area contributed by atoms with E-state index in [9.17, 15) is 5.11 Å². The highest BCUT2D eigenvalue weighted by molar-refractivity contribution is 5.80. The lowest BCUT2D eigenvalue weighted by Crippen LogP contribution is -1.87. The Labute approximate surface area is 58.1 Å². The molecule has 0 aliphatic carbocycles. The fraction of sp³-hybridized carbons (Fsp3) is 0. The molecule has 1 aromatic heterocycles. The van der Waals surface area contributed by atoms with E-state index < -0.39 is 0 Å². The summed E-state index contributed by atoms with van der Waals surface area (Å²) in [6.07, 6.45) is 1.82. The number of fused-ring (bicyclic) bond motifs is 1. The van der Waals surface area contributed by atoms with Gasteiger partial charge in [-0.05, 0) is 17.5 Å². The lowest BCUT2D eigenvalue weighted by atomic mass is 10.2. The molecule has 0 saturated carbocycles. The molecule has 0 aliphatic heterocycles. The summed E-state index contributed by atoms with van der Waals surface area (Å²) in [5.74, 6) is 0.0509. The van der Waals surface area contributed by atoms with Crippen molar-refractivity contribution in [3.63, 3.8) is 0 Å². The number of H-pyrrole nitrogens is 1. The van der Waals surface area contributed by atoms with E-state index in [-0.39, 0.29) is 5.75 Å². The minimum atomic E-state index is 0.0509. The second kappa shape index (κ2) is 1.77. The van der Waals surface area contributed by atoms with Gasteiger partial charge in [0.25, 0.3) is 0 Å². The van der Waals surface area contributed by atoms with Crippen molar-refractivity contribution in [3.8, 4) is 5.75 Å². The molecule has 2 nitrogen and oxygen atoms in total. The normalized spacial score (nSPS) is 10.4. The molecule has 1 aromatic carbocycles. The smallest absolute Gasteiger partial charge is 0.0447 e. The highest BCUT2D eigenvalue weighted by Gasteiger charge is 1.88. The molecular weight excluding hydrogens is 126 g/mol. The third-order valence-electron chi connectivity index (χ3n) is 1.53. The van der Waals surface area contributed by atoms with Gasteiger partial charge in [0, 0.05) is 11.7 Å². The lowest BCUT2D eigenvalue weighted by molar-refractivity contribution is -0.268. The summed E-state index contributed by atoms with van der Waals surface area (Å²) in [6.45, 7) is 0. The molecular formula is C8H6NO-. The number of rotatable bonds is 0. The van der Waals surface area contributed by atoms with Crippen molar-refractivity contribution >= 4 is 10.9 Å². The molecule has 1 N–H and O–H groups in total. The van der Waals surface area contributed by atoms with Gasteiger partial charge in [0.05, 0.1) is 0 Å². The van der Waals surface area contributed by atoms with Crippen LogP contribution in [0.5, 0.6) is 5.75 Å². The van der Waals surface area contributed by atoms with Crippen LogP contribution in [0.3, 0.4) is 0 Å². The minimum absolute atomic E-state index is 0.0509. The first-order chi connectivity index (χ1) is 4.86. The van der Waals surface area contributed by atoms with Crippen LogP contribution in [-0.4, -0.2) is 4.98 Å². The van der Waals surface area contributed by atoms with Crippen molar-refractivity contribution in [3.05, 3.63) is 30.5 Å². The number of aromatic nitrogens is 1. The van der Waals surface area contributed by atoms with Crippen molar-refractivity contribution in [1.82, 2.24) is 4.98 Å². The van der Waals surface area contributed by atoms with Crippen molar-refractivity contribution in [2.24, 2.45) is 0 Å². The van der Waals surface area contributed by atoms with Crippen LogP contribution < -0.4 is 5.11 Å². The van der Waals surface area contributed by atoms with Crippen LogP contribution in [0.2, 0.25) is 0 Å². The van der Waals surface area contributed by atoms with Gasteiger partial charge in [0.1, 0.15) is 0 Å². The topological polar surface area (TPSA) is 38.8 Å². The maximum absolute atomic E-state index is 10.8. The van der Waals surface area contributed by atoms with Gasteiger partial charge in [-0.25, -0.2) is 0 Å². The summed E-state index contributed by atoms with van der Waals surface area (Å²) in [7, 11) is 0. The molecule has 50 valence electrons. The fourth-order valence-corrected chi connectivity index (χ4v) is 1.03. The number of benzene rings is 1. The Morgan fingerprint density at radius 2 is 2.10 bits per heavy atom. The summed E-state index contributed by atoms with van der Waals surface area (Å²) < 4.78 is 0. The molecule has 0 aliphatic rings. The van der Waals surface area contributed by atoms with Crippen LogP contribution in [0.4, 0.5) is 0 Å². The quantitative estimate of drug-likeness (QED) is 0.575. The van der Waals surface area contributed by atoms with Gasteiger partial charge >= 0.3 is 0 Å². The third-order valence-corrected chi connectivity index (χ3v) is 1.53. The molecule has 2 rings (SSSR count). The first-order valence-corrected chi connectivity index (χ1v) is 3.10. The minimum Gasteiger partial charge on any atom is -0.872 e. The molecule has 0 saturated heterocycles. The number of hydrogen-bond donors (Lipinski definition) is 1. The van der Waals surface area contributed by atoms with Crippen molar-refractivity contribution in [1.29, 1.82) is 0 Å². The van der Waals surface area contributed by atoms with E-state index in [1.807, 2.05) is 18.3 Å². The summed E-state index contributed by atoms with van der Waals surface area (Å²) in [6, 6.07) is 6.91. The zero-order valence-corrected chi connectivity index (χ0v) is 5.29. The van der Waals surface area contributed by atoms with E-state index in [0.29, 0.717) is 0 Å². The van der Waals surface area contributed by atoms with Gasteiger partial charge in [-0.3, -0.25) is 0 Å². The Hall–Kier alpha value is -1.44. The molecule has 0 fully saturated rings. The zero-order valence-electron chi connectivity index (χ0n) is 5.29. The van der Waals surface area contributed by atoms with E-state index in [0.717, 1.165) is 10.9 Å². The molecule has 0 amide bonds. The maximum atomic E-state index is 10.8. The van der Waals surface area contributed by atoms with Crippen LogP contribution >= 0.6 is 0 Å². The molecule has 10 heavy (non-hydrogen) atoms. The van der Waals surface area contributed by atoms with E-state index in [2.05, 4.69) is 4.98 Å². The lowest BCUT2D eigenvalue weighted by Gasteiger charge is -2.01. The molecule has 0 radical (unpaired) electrons. The van der Waals surface area contributed by atoms with Gasteiger partial charge in [0.15, 0.2) is 0 Å². The predicted molar refractivity (Wildman–Crippen MR) is 37.7 cm³/mol. The van der Waals surface area contributed by atoms with Gasteiger partial charge in [-0.15, -0.1) is 5.75 Å². The molecule has 0 atom stereocenters. The Kier molecular flexibility index (Phi) is 0.947. The number of hydrogen-bond acceptors (Lipinski definition) is 1. The Morgan fingerprint density at radius 3 is 3.00 bits per heavy atom.